The maximum atomic E-state index is 13.3. The average Bonchev–Trinajstić information content (AvgIpc) is 2.52. The minimum absolute atomic E-state index is 0.0228. The number of hydrogen-bond acceptors (Lipinski definition) is 3. The van der Waals surface area contributed by atoms with E-state index in [0.717, 1.165) is 0 Å². The molecule has 0 aliphatic carbocycles. The lowest BCUT2D eigenvalue weighted by Crippen LogP contribution is -2.04. The van der Waals surface area contributed by atoms with Gasteiger partial charge in [0.05, 0.1) is 17.2 Å². The molecule has 0 fully saturated rings. The van der Waals surface area contributed by atoms with Crippen LogP contribution in [-0.4, -0.2) is 5.78 Å². The summed E-state index contributed by atoms with van der Waals surface area (Å²) >= 11 is 0. The van der Waals surface area contributed by atoms with Crippen LogP contribution < -0.4 is 4.74 Å². The first-order valence-corrected chi connectivity index (χ1v) is 6.59. The second-order valence-electron chi connectivity index (χ2n) is 4.47. The summed E-state index contributed by atoms with van der Waals surface area (Å²) in [5.74, 6) is -0.00614. The van der Waals surface area contributed by atoms with Crippen molar-refractivity contribution in [3.63, 3.8) is 0 Å². The van der Waals surface area contributed by atoms with Gasteiger partial charge in [0, 0.05) is 12.0 Å². The molecule has 106 valence electrons. The van der Waals surface area contributed by atoms with Gasteiger partial charge in [0.15, 0.2) is 5.78 Å². The lowest BCUT2D eigenvalue weighted by Gasteiger charge is -2.11. The molecule has 0 saturated heterocycles. The van der Waals surface area contributed by atoms with Crippen molar-refractivity contribution in [2.45, 2.75) is 20.0 Å². The van der Waals surface area contributed by atoms with Crippen LogP contribution in [0.4, 0.5) is 4.39 Å². The van der Waals surface area contributed by atoms with Crippen LogP contribution in [0.5, 0.6) is 5.75 Å². The Morgan fingerprint density at radius 3 is 2.76 bits per heavy atom. The van der Waals surface area contributed by atoms with E-state index in [9.17, 15) is 9.18 Å². The third-order valence-electron chi connectivity index (χ3n) is 3.08. The van der Waals surface area contributed by atoms with Gasteiger partial charge in [-0.1, -0.05) is 19.1 Å². The normalized spacial score (nSPS) is 9.95. The van der Waals surface area contributed by atoms with Gasteiger partial charge in [0.25, 0.3) is 0 Å². The number of rotatable bonds is 5. The molecule has 0 spiro atoms. The van der Waals surface area contributed by atoms with Crippen molar-refractivity contribution in [1.82, 2.24) is 0 Å². The Morgan fingerprint density at radius 2 is 2.05 bits per heavy atom. The molecule has 0 amide bonds. The Kier molecular flexibility index (Phi) is 4.68. The van der Waals surface area contributed by atoms with Crippen LogP contribution in [0.1, 0.15) is 34.8 Å². The number of benzene rings is 2. The van der Waals surface area contributed by atoms with Crippen LogP contribution in [0.25, 0.3) is 0 Å². The van der Waals surface area contributed by atoms with Crippen LogP contribution in [0, 0.1) is 17.1 Å². The summed E-state index contributed by atoms with van der Waals surface area (Å²) in [6, 6.07) is 12.8. The molecule has 0 unspecified atom stereocenters. The zero-order valence-corrected chi connectivity index (χ0v) is 11.6. The molecule has 2 aromatic carbocycles. The molecule has 0 radical (unpaired) electrons. The van der Waals surface area contributed by atoms with Crippen LogP contribution in [-0.2, 0) is 6.61 Å². The van der Waals surface area contributed by atoms with E-state index >= 15 is 0 Å². The smallest absolute Gasteiger partial charge is 0.166 e. The van der Waals surface area contributed by atoms with Gasteiger partial charge in [-0.05, 0) is 30.3 Å². The lowest BCUT2D eigenvalue weighted by atomic mass is 10.1. The molecule has 0 aliphatic heterocycles. The van der Waals surface area contributed by atoms with E-state index in [0.29, 0.717) is 28.9 Å². The van der Waals surface area contributed by atoms with Crippen LogP contribution >= 0.6 is 0 Å². The molecule has 0 heterocycles. The highest BCUT2D eigenvalue weighted by Gasteiger charge is 2.11. The molecule has 2 aromatic rings. The van der Waals surface area contributed by atoms with Crippen LogP contribution in [0.3, 0.4) is 0 Å². The van der Waals surface area contributed by atoms with Gasteiger partial charge in [-0.25, -0.2) is 4.39 Å². The fourth-order valence-electron chi connectivity index (χ4n) is 1.96. The third kappa shape index (κ3) is 3.46. The number of carbonyl (C=O) groups excluding carboxylic acids is 1. The number of hydrogen-bond donors (Lipinski definition) is 0. The predicted octanol–water partition coefficient (Wildman–Crippen LogP) is 3.87. The summed E-state index contributed by atoms with van der Waals surface area (Å²) in [5.41, 5.74) is 1.31. The second-order valence-corrected chi connectivity index (χ2v) is 4.47. The fraction of sp³-hybridized carbons (Fsp3) is 0.176. The number of nitrogens with zero attached hydrogens (tertiary/aromatic N) is 1. The van der Waals surface area contributed by atoms with E-state index in [-0.39, 0.29) is 12.4 Å². The van der Waals surface area contributed by atoms with Gasteiger partial charge >= 0.3 is 0 Å². The molecule has 0 saturated carbocycles. The SMILES string of the molecule is CCC(=O)c1ccccc1OCc1cc(F)ccc1C#N. The maximum absolute atomic E-state index is 13.3. The van der Waals surface area contributed by atoms with Gasteiger partial charge in [-0.3, -0.25) is 4.79 Å². The molecular formula is C17H14FNO2. The van der Waals surface area contributed by atoms with E-state index in [1.165, 1.54) is 18.2 Å². The maximum Gasteiger partial charge on any atom is 0.166 e. The third-order valence-corrected chi connectivity index (χ3v) is 3.08. The zero-order chi connectivity index (χ0) is 15.2. The fourth-order valence-corrected chi connectivity index (χ4v) is 1.96. The summed E-state index contributed by atoms with van der Waals surface area (Å²) in [5, 5.41) is 9.01. The highest BCUT2D eigenvalue weighted by Crippen LogP contribution is 2.22. The van der Waals surface area contributed by atoms with Crippen molar-refractivity contribution >= 4 is 5.78 Å². The molecule has 4 heteroatoms. The summed E-state index contributed by atoms with van der Waals surface area (Å²) in [4.78, 5) is 11.8. The molecule has 21 heavy (non-hydrogen) atoms. The first-order valence-electron chi connectivity index (χ1n) is 6.59. The number of para-hydroxylation sites is 1. The lowest BCUT2D eigenvalue weighted by molar-refractivity contribution is 0.0983. The van der Waals surface area contributed by atoms with E-state index < -0.39 is 5.82 Å². The molecule has 0 atom stereocenters. The van der Waals surface area contributed by atoms with Gasteiger partial charge in [-0.2, -0.15) is 5.26 Å². The number of nitriles is 1. The van der Waals surface area contributed by atoms with E-state index in [1.54, 1.807) is 31.2 Å². The van der Waals surface area contributed by atoms with Crippen molar-refractivity contribution in [3.8, 4) is 11.8 Å². The molecule has 0 aromatic heterocycles. The monoisotopic (exact) mass is 283 g/mol. The van der Waals surface area contributed by atoms with Gasteiger partial charge in [0.2, 0.25) is 0 Å². The standard InChI is InChI=1S/C17H14FNO2/c1-2-16(20)15-5-3-4-6-17(15)21-11-13-9-14(18)8-7-12(13)10-19/h3-9H,2,11H2,1H3. The Balaban J connectivity index is 2.23. The van der Waals surface area contributed by atoms with Crippen molar-refractivity contribution in [3.05, 3.63) is 65.0 Å². The zero-order valence-electron chi connectivity index (χ0n) is 11.6. The average molecular weight is 283 g/mol. The number of ether oxygens (including phenoxy) is 1. The van der Waals surface area contributed by atoms with Crippen molar-refractivity contribution < 1.29 is 13.9 Å². The summed E-state index contributed by atoms with van der Waals surface area (Å²) in [7, 11) is 0. The molecule has 0 aliphatic rings. The topological polar surface area (TPSA) is 50.1 Å². The summed E-state index contributed by atoms with van der Waals surface area (Å²) in [6.45, 7) is 1.81. The Labute approximate surface area is 122 Å². The van der Waals surface area contributed by atoms with Crippen molar-refractivity contribution in [2.75, 3.05) is 0 Å². The van der Waals surface area contributed by atoms with Gasteiger partial charge in [0.1, 0.15) is 18.2 Å². The van der Waals surface area contributed by atoms with E-state index in [1.807, 2.05) is 6.07 Å². The second kappa shape index (κ2) is 6.67. The number of Topliss-reactive ketones (excluding diaryl/α,β-unsaturated/α-hetero) is 1. The van der Waals surface area contributed by atoms with Gasteiger partial charge in [-0.15, -0.1) is 0 Å². The minimum Gasteiger partial charge on any atom is -0.488 e. The Hall–Kier alpha value is -2.67. The molecule has 3 nitrogen and oxygen atoms in total. The van der Waals surface area contributed by atoms with Gasteiger partial charge < -0.3 is 4.74 Å². The van der Waals surface area contributed by atoms with E-state index in [4.69, 9.17) is 10.00 Å². The molecular weight excluding hydrogens is 269 g/mol. The molecule has 0 N–H and O–H groups in total. The highest BCUT2D eigenvalue weighted by molar-refractivity contribution is 5.98. The molecule has 0 bridgehead atoms. The summed E-state index contributed by atoms with van der Waals surface area (Å²) in [6.07, 6.45) is 0.379. The quantitative estimate of drug-likeness (QED) is 0.783. The first kappa shape index (κ1) is 14.7. The Bertz CT molecular complexity index is 704. The van der Waals surface area contributed by atoms with Crippen LogP contribution in [0.15, 0.2) is 42.5 Å². The van der Waals surface area contributed by atoms with Crippen LogP contribution in [0.2, 0.25) is 0 Å². The largest absolute Gasteiger partial charge is 0.488 e. The summed E-state index contributed by atoms with van der Waals surface area (Å²) < 4.78 is 18.9. The minimum atomic E-state index is -0.425. The Morgan fingerprint density at radius 1 is 1.29 bits per heavy atom. The van der Waals surface area contributed by atoms with Crippen molar-refractivity contribution in [1.29, 1.82) is 5.26 Å². The highest BCUT2D eigenvalue weighted by atomic mass is 19.1. The number of ketones is 1. The predicted molar refractivity (Wildman–Crippen MR) is 76.5 cm³/mol. The number of carbonyl (C=O) groups is 1. The molecule has 2 rings (SSSR count). The number of halogens is 1. The van der Waals surface area contributed by atoms with Crippen molar-refractivity contribution in [2.24, 2.45) is 0 Å². The van der Waals surface area contributed by atoms with E-state index in [2.05, 4.69) is 0 Å². The first-order chi connectivity index (χ1) is 10.2.